The first-order valence-electron chi connectivity index (χ1n) is 10.9. The molecule has 4 rings (SSSR count). The fourth-order valence-corrected chi connectivity index (χ4v) is 3.75. The Hall–Kier alpha value is -3.19. The summed E-state index contributed by atoms with van der Waals surface area (Å²) in [5.74, 6) is 2.23. The van der Waals surface area contributed by atoms with Gasteiger partial charge in [0.1, 0.15) is 0 Å². The predicted octanol–water partition coefficient (Wildman–Crippen LogP) is 5.57. The van der Waals surface area contributed by atoms with Crippen molar-refractivity contribution in [2.45, 2.75) is 33.6 Å². The monoisotopic (exact) mass is 449 g/mol. The second-order valence-electron chi connectivity index (χ2n) is 8.22. The number of nitrogens with zero attached hydrogens (tertiary/aromatic N) is 5. The normalized spacial score (nSPS) is 14.7. The highest BCUT2D eigenvalue weighted by molar-refractivity contribution is 6.33. The highest BCUT2D eigenvalue weighted by Gasteiger charge is 2.20. The molecule has 7 nitrogen and oxygen atoms in total. The summed E-state index contributed by atoms with van der Waals surface area (Å²) < 4.78 is 0. The van der Waals surface area contributed by atoms with Crippen molar-refractivity contribution < 1.29 is 0 Å². The largest absolute Gasteiger partial charge is 0.341 e. The Morgan fingerprint density at radius 3 is 2.53 bits per heavy atom. The van der Waals surface area contributed by atoms with Crippen molar-refractivity contribution >= 4 is 41.3 Å². The highest BCUT2D eigenvalue weighted by Crippen LogP contribution is 2.25. The quantitative estimate of drug-likeness (QED) is 0.378. The van der Waals surface area contributed by atoms with E-state index in [-0.39, 0.29) is 0 Å². The predicted molar refractivity (Wildman–Crippen MR) is 132 cm³/mol. The average molecular weight is 450 g/mol. The van der Waals surface area contributed by atoms with Gasteiger partial charge in [-0.15, -0.1) is 0 Å². The second kappa shape index (κ2) is 9.96. The summed E-state index contributed by atoms with van der Waals surface area (Å²) in [5, 5.41) is 8.28. The molecule has 8 heteroatoms. The molecule has 0 bridgehead atoms. The summed E-state index contributed by atoms with van der Waals surface area (Å²) in [5.41, 5.74) is 7.09. The Balaban J connectivity index is 1.61. The third kappa shape index (κ3) is 5.34. The number of hydrogen-bond donors (Lipinski definition) is 2. The molecule has 0 aliphatic carbocycles. The molecule has 166 valence electrons. The maximum Gasteiger partial charge on any atom is 0.250 e. The van der Waals surface area contributed by atoms with Crippen molar-refractivity contribution in [3.05, 3.63) is 64.2 Å². The molecule has 1 aliphatic heterocycles. The molecule has 1 fully saturated rings. The number of aromatic nitrogens is 3. The molecule has 1 saturated heterocycles. The first-order chi connectivity index (χ1) is 15.5. The fourth-order valence-electron chi connectivity index (χ4n) is 3.57. The molecule has 0 saturated carbocycles. The van der Waals surface area contributed by atoms with Gasteiger partial charge in [0.25, 0.3) is 0 Å². The van der Waals surface area contributed by atoms with Crippen LogP contribution < -0.4 is 15.6 Å². The SMILES string of the molecule is Cc1cccc(Nc2nc(NN=Cc3ccccc3Cl)nc(N3CCC(C)CC3)n2)c1C. The van der Waals surface area contributed by atoms with Gasteiger partial charge in [0.2, 0.25) is 17.8 Å². The number of benzene rings is 2. The number of anilines is 4. The third-order valence-corrected chi connectivity index (χ3v) is 6.16. The highest BCUT2D eigenvalue weighted by atomic mass is 35.5. The average Bonchev–Trinajstić information content (AvgIpc) is 2.79. The molecule has 3 aromatic rings. The summed E-state index contributed by atoms with van der Waals surface area (Å²) in [6, 6.07) is 13.7. The van der Waals surface area contributed by atoms with Crippen LogP contribution in [0.3, 0.4) is 0 Å². The van der Waals surface area contributed by atoms with Crippen LogP contribution in [0.1, 0.15) is 36.5 Å². The number of rotatable bonds is 6. The molecule has 1 aliphatic rings. The summed E-state index contributed by atoms with van der Waals surface area (Å²) in [6.45, 7) is 8.31. The molecular weight excluding hydrogens is 422 g/mol. The molecular formula is C24H28ClN7. The smallest absolute Gasteiger partial charge is 0.250 e. The van der Waals surface area contributed by atoms with Crippen molar-refractivity contribution in [2.24, 2.45) is 11.0 Å². The van der Waals surface area contributed by atoms with E-state index in [1.165, 1.54) is 5.56 Å². The van der Waals surface area contributed by atoms with Crippen LogP contribution in [0, 0.1) is 19.8 Å². The number of halogens is 1. The summed E-state index contributed by atoms with van der Waals surface area (Å²) in [6.07, 6.45) is 3.91. The first kappa shape index (κ1) is 22.0. The van der Waals surface area contributed by atoms with E-state index in [0.717, 1.165) is 48.7 Å². The summed E-state index contributed by atoms with van der Waals surface area (Å²) in [4.78, 5) is 16.1. The lowest BCUT2D eigenvalue weighted by atomic mass is 10.00. The van der Waals surface area contributed by atoms with E-state index >= 15 is 0 Å². The van der Waals surface area contributed by atoms with Gasteiger partial charge in [0.15, 0.2) is 0 Å². The van der Waals surface area contributed by atoms with E-state index in [2.05, 4.69) is 57.5 Å². The molecule has 1 aromatic heterocycles. The van der Waals surface area contributed by atoms with Crippen LogP contribution in [0.25, 0.3) is 0 Å². The maximum atomic E-state index is 6.21. The Kier molecular flexibility index (Phi) is 6.85. The molecule has 0 amide bonds. The standard InChI is InChI=1S/C24H28ClN7/c1-16-11-13-32(14-12-16)24-29-22(27-21-10-6-7-17(2)18(21)3)28-23(30-24)31-26-15-19-8-4-5-9-20(19)25/h4-10,15-16H,11-14H2,1-3H3,(H2,27,28,29,30,31). The molecule has 32 heavy (non-hydrogen) atoms. The van der Waals surface area contributed by atoms with Gasteiger partial charge < -0.3 is 10.2 Å². The van der Waals surface area contributed by atoms with Gasteiger partial charge in [0, 0.05) is 29.4 Å². The topological polar surface area (TPSA) is 78.3 Å². The first-order valence-corrected chi connectivity index (χ1v) is 11.3. The number of piperidine rings is 1. The van der Waals surface area contributed by atoms with Crippen LogP contribution in [0.4, 0.5) is 23.5 Å². The Morgan fingerprint density at radius 2 is 1.75 bits per heavy atom. The van der Waals surface area contributed by atoms with Crippen LogP contribution in [0.2, 0.25) is 5.02 Å². The van der Waals surface area contributed by atoms with E-state index in [9.17, 15) is 0 Å². The van der Waals surface area contributed by atoms with Crippen molar-refractivity contribution in [1.29, 1.82) is 0 Å². The molecule has 0 radical (unpaired) electrons. The zero-order valence-corrected chi connectivity index (χ0v) is 19.4. The fraction of sp³-hybridized carbons (Fsp3) is 0.333. The second-order valence-corrected chi connectivity index (χ2v) is 8.62. The molecule has 0 spiro atoms. The summed E-state index contributed by atoms with van der Waals surface area (Å²) in [7, 11) is 0. The molecule has 0 unspecified atom stereocenters. The van der Waals surface area contributed by atoms with Gasteiger partial charge in [0.05, 0.1) is 6.21 Å². The van der Waals surface area contributed by atoms with Crippen molar-refractivity contribution in [1.82, 2.24) is 15.0 Å². The van der Waals surface area contributed by atoms with Crippen LogP contribution in [-0.4, -0.2) is 34.3 Å². The van der Waals surface area contributed by atoms with Crippen molar-refractivity contribution in [3.63, 3.8) is 0 Å². The molecule has 2 aromatic carbocycles. The van der Waals surface area contributed by atoms with Crippen LogP contribution in [0.5, 0.6) is 0 Å². The van der Waals surface area contributed by atoms with E-state index < -0.39 is 0 Å². The molecule has 2 N–H and O–H groups in total. The van der Waals surface area contributed by atoms with Gasteiger partial charge >= 0.3 is 0 Å². The minimum atomic E-state index is 0.379. The third-order valence-electron chi connectivity index (χ3n) is 5.81. The van der Waals surface area contributed by atoms with Crippen molar-refractivity contribution in [2.75, 3.05) is 28.7 Å². The Morgan fingerprint density at radius 1 is 1.00 bits per heavy atom. The van der Waals surface area contributed by atoms with Gasteiger partial charge in [-0.3, -0.25) is 0 Å². The van der Waals surface area contributed by atoms with Crippen LogP contribution >= 0.6 is 11.6 Å². The van der Waals surface area contributed by atoms with Crippen molar-refractivity contribution in [3.8, 4) is 0 Å². The Labute approximate surface area is 194 Å². The zero-order valence-electron chi connectivity index (χ0n) is 18.6. The number of aryl methyl sites for hydroxylation is 1. The van der Waals surface area contributed by atoms with Gasteiger partial charge in [-0.1, -0.05) is 48.9 Å². The van der Waals surface area contributed by atoms with Crippen LogP contribution in [-0.2, 0) is 0 Å². The number of nitrogens with one attached hydrogen (secondary N) is 2. The summed E-state index contributed by atoms with van der Waals surface area (Å²) >= 11 is 6.21. The molecule has 2 heterocycles. The number of hydrazone groups is 1. The van der Waals surface area contributed by atoms with E-state index in [1.807, 2.05) is 36.4 Å². The lowest BCUT2D eigenvalue weighted by Gasteiger charge is -2.30. The van der Waals surface area contributed by atoms with Gasteiger partial charge in [-0.2, -0.15) is 20.1 Å². The minimum absolute atomic E-state index is 0.379. The van der Waals surface area contributed by atoms with Gasteiger partial charge in [-0.25, -0.2) is 5.43 Å². The van der Waals surface area contributed by atoms with E-state index in [4.69, 9.17) is 16.6 Å². The van der Waals surface area contributed by atoms with Crippen LogP contribution in [0.15, 0.2) is 47.6 Å². The van der Waals surface area contributed by atoms with E-state index in [1.54, 1.807) is 6.21 Å². The molecule has 0 atom stereocenters. The Bertz CT molecular complexity index is 1110. The van der Waals surface area contributed by atoms with E-state index in [0.29, 0.717) is 22.9 Å². The minimum Gasteiger partial charge on any atom is -0.341 e. The number of hydrogen-bond acceptors (Lipinski definition) is 7. The lowest BCUT2D eigenvalue weighted by Crippen LogP contribution is -2.34. The van der Waals surface area contributed by atoms with Gasteiger partial charge in [-0.05, 0) is 55.9 Å². The zero-order chi connectivity index (χ0) is 22.5. The lowest BCUT2D eigenvalue weighted by molar-refractivity contribution is 0.434. The maximum absolute atomic E-state index is 6.21.